The third kappa shape index (κ3) is 1.44. The minimum atomic E-state index is -0.369. The lowest BCUT2D eigenvalue weighted by molar-refractivity contribution is 0.629. The lowest BCUT2D eigenvalue weighted by Gasteiger charge is -1.97. The summed E-state index contributed by atoms with van der Waals surface area (Å²) < 4.78 is 16.1. The molecular formula is C9H6ClFIN. The van der Waals surface area contributed by atoms with Gasteiger partial charge in [0.05, 0.1) is 10.5 Å². The van der Waals surface area contributed by atoms with Crippen molar-refractivity contribution in [2.75, 3.05) is 0 Å². The summed E-state index contributed by atoms with van der Waals surface area (Å²) in [6, 6.07) is 3.12. The quantitative estimate of drug-likeness (QED) is 0.656. The number of rotatable bonds is 0. The predicted octanol–water partition coefficient (Wildman–Crippen LogP) is 3.58. The van der Waals surface area contributed by atoms with Crippen LogP contribution in [0, 0.1) is 9.39 Å². The first-order valence-electron chi connectivity index (χ1n) is 3.69. The molecule has 0 amide bonds. The zero-order valence-corrected chi connectivity index (χ0v) is 9.73. The number of benzene rings is 1. The Bertz CT molecular complexity index is 436. The molecule has 1 heterocycles. The summed E-state index contributed by atoms with van der Waals surface area (Å²) in [6.07, 6.45) is 1.95. The van der Waals surface area contributed by atoms with Crippen LogP contribution in [0.1, 0.15) is 0 Å². The van der Waals surface area contributed by atoms with Gasteiger partial charge in [0.15, 0.2) is 0 Å². The average molecular weight is 310 g/mol. The summed E-state index contributed by atoms with van der Waals surface area (Å²) in [7, 11) is 1.89. The lowest BCUT2D eigenvalue weighted by atomic mass is 10.2. The first-order valence-corrected chi connectivity index (χ1v) is 5.15. The van der Waals surface area contributed by atoms with Crippen LogP contribution in [-0.4, -0.2) is 4.57 Å². The van der Waals surface area contributed by atoms with Crippen LogP contribution in [0.25, 0.3) is 10.9 Å². The highest BCUT2D eigenvalue weighted by Crippen LogP contribution is 2.27. The number of hydrogen-bond donors (Lipinski definition) is 0. The molecule has 0 fully saturated rings. The molecule has 2 rings (SSSR count). The predicted molar refractivity (Wildman–Crippen MR) is 60.6 cm³/mol. The molecule has 1 nitrogen and oxygen atoms in total. The van der Waals surface area contributed by atoms with Crippen molar-refractivity contribution in [3.63, 3.8) is 0 Å². The molecule has 0 unspecified atom stereocenters. The van der Waals surface area contributed by atoms with Gasteiger partial charge < -0.3 is 4.57 Å². The summed E-state index contributed by atoms with van der Waals surface area (Å²) in [5.74, 6) is -0.369. The first-order chi connectivity index (χ1) is 6.09. The van der Waals surface area contributed by atoms with E-state index in [9.17, 15) is 4.39 Å². The fourth-order valence-electron chi connectivity index (χ4n) is 1.33. The van der Waals surface area contributed by atoms with Gasteiger partial charge in [0.25, 0.3) is 0 Å². The highest BCUT2D eigenvalue weighted by molar-refractivity contribution is 14.1. The molecule has 0 aliphatic carbocycles. The van der Waals surface area contributed by atoms with E-state index in [1.807, 2.05) is 17.8 Å². The number of halogens is 3. The standard InChI is InChI=1S/C9H6ClFIN/c1-13-4-8(12)5-2-6(10)7(11)3-9(5)13/h2-4H,1H3. The molecule has 0 aliphatic heterocycles. The van der Waals surface area contributed by atoms with Gasteiger partial charge in [-0.3, -0.25) is 0 Å². The van der Waals surface area contributed by atoms with Crippen molar-refractivity contribution in [1.29, 1.82) is 0 Å². The Morgan fingerprint density at radius 1 is 1.46 bits per heavy atom. The topological polar surface area (TPSA) is 4.93 Å². The SMILES string of the molecule is Cn1cc(I)c2cc(Cl)c(F)cc21. The molecule has 2 aromatic rings. The number of nitrogens with zero attached hydrogens (tertiary/aromatic N) is 1. The van der Waals surface area contributed by atoms with Crippen LogP contribution in [0.4, 0.5) is 4.39 Å². The zero-order chi connectivity index (χ0) is 9.59. The summed E-state index contributed by atoms with van der Waals surface area (Å²) in [4.78, 5) is 0. The van der Waals surface area contributed by atoms with E-state index in [1.165, 1.54) is 6.07 Å². The van der Waals surface area contributed by atoms with Gasteiger partial charge in [-0.2, -0.15) is 0 Å². The molecule has 0 spiro atoms. The van der Waals surface area contributed by atoms with E-state index in [-0.39, 0.29) is 10.8 Å². The van der Waals surface area contributed by atoms with Gasteiger partial charge in [0.1, 0.15) is 5.82 Å². The van der Waals surface area contributed by atoms with E-state index in [1.54, 1.807) is 6.07 Å². The fourth-order valence-corrected chi connectivity index (χ4v) is 2.34. The minimum absolute atomic E-state index is 0.177. The van der Waals surface area contributed by atoms with Crippen molar-refractivity contribution in [1.82, 2.24) is 4.57 Å². The molecule has 0 bridgehead atoms. The lowest BCUT2D eigenvalue weighted by Crippen LogP contribution is -1.85. The summed E-state index contributed by atoms with van der Waals surface area (Å²) in [6.45, 7) is 0. The normalized spacial score (nSPS) is 11.1. The summed E-state index contributed by atoms with van der Waals surface area (Å²) in [5, 5.41) is 1.17. The van der Waals surface area contributed by atoms with Gasteiger partial charge in [-0.25, -0.2) is 4.39 Å². The summed E-state index contributed by atoms with van der Waals surface area (Å²) >= 11 is 7.89. The molecule has 0 N–H and O–H groups in total. The van der Waals surface area contributed by atoms with Crippen LogP contribution >= 0.6 is 34.2 Å². The molecule has 0 atom stereocenters. The summed E-state index contributed by atoms with van der Waals surface area (Å²) in [5.41, 5.74) is 0.867. The van der Waals surface area contributed by atoms with E-state index in [0.717, 1.165) is 14.5 Å². The number of aromatic nitrogens is 1. The van der Waals surface area contributed by atoms with Gasteiger partial charge in [0, 0.05) is 22.2 Å². The van der Waals surface area contributed by atoms with Gasteiger partial charge >= 0.3 is 0 Å². The van der Waals surface area contributed by atoms with Crippen molar-refractivity contribution < 1.29 is 4.39 Å². The molecule has 0 radical (unpaired) electrons. The first kappa shape index (κ1) is 9.27. The Morgan fingerprint density at radius 2 is 2.15 bits per heavy atom. The third-order valence-electron chi connectivity index (χ3n) is 1.98. The average Bonchev–Trinajstić information content (AvgIpc) is 2.31. The van der Waals surface area contributed by atoms with Crippen molar-refractivity contribution >= 4 is 45.1 Å². The highest BCUT2D eigenvalue weighted by Gasteiger charge is 2.08. The molecule has 1 aromatic heterocycles. The molecule has 68 valence electrons. The maximum atomic E-state index is 13.1. The molecule has 0 saturated heterocycles. The monoisotopic (exact) mass is 309 g/mol. The van der Waals surface area contributed by atoms with E-state index in [4.69, 9.17) is 11.6 Å². The Balaban J connectivity index is 2.91. The molecule has 1 aromatic carbocycles. The minimum Gasteiger partial charge on any atom is -0.349 e. The smallest absolute Gasteiger partial charge is 0.143 e. The van der Waals surface area contributed by atoms with E-state index in [0.29, 0.717) is 0 Å². The number of aryl methyl sites for hydroxylation is 1. The number of hydrogen-bond acceptors (Lipinski definition) is 0. The molecule has 4 heteroatoms. The van der Waals surface area contributed by atoms with Crippen molar-refractivity contribution in [2.45, 2.75) is 0 Å². The van der Waals surface area contributed by atoms with Crippen LogP contribution in [0.2, 0.25) is 5.02 Å². The van der Waals surface area contributed by atoms with Crippen LogP contribution in [-0.2, 0) is 7.05 Å². The molecule has 13 heavy (non-hydrogen) atoms. The Hall–Kier alpha value is -0.290. The molecule has 0 aliphatic rings. The van der Waals surface area contributed by atoms with Gasteiger partial charge in [-0.1, -0.05) is 11.6 Å². The maximum absolute atomic E-state index is 13.1. The largest absolute Gasteiger partial charge is 0.349 e. The zero-order valence-electron chi connectivity index (χ0n) is 6.81. The van der Waals surface area contributed by atoms with Crippen molar-refractivity contribution in [2.24, 2.45) is 7.05 Å². The number of fused-ring (bicyclic) bond motifs is 1. The Labute approximate surface area is 93.6 Å². The van der Waals surface area contributed by atoms with E-state index < -0.39 is 0 Å². The second-order valence-electron chi connectivity index (χ2n) is 2.87. The fraction of sp³-hybridized carbons (Fsp3) is 0.111. The van der Waals surface area contributed by atoms with Crippen LogP contribution in [0.5, 0.6) is 0 Å². The second kappa shape index (κ2) is 3.13. The van der Waals surface area contributed by atoms with Crippen LogP contribution in [0.3, 0.4) is 0 Å². The van der Waals surface area contributed by atoms with Crippen molar-refractivity contribution in [3.8, 4) is 0 Å². The maximum Gasteiger partial charge on any atom is 0.143 e. The van der Waals surface area contributed by atoms with Gasteiger partial charge in [-0.15, -0.1) is 0 Å². The van der Waals surface area contributed by atoms with Gasteiger partial charge in [0.2, 0.25) is 0 Å². The Kier molecular flexibility index (Phi) is 2.23. The van der Waals surface area contributed by atoms with Crippen LogP contribution < -0.4 is 0 Å². The second-order valence-corrected chi connectivity index (χ2v) is 4.44. The third-order valence-corrected chi connectivity index (χ3v) is 3.13. The molecular weight excluding hydrogens is 303 g/mol. The molecule has 0 saturated carbocycles. The Morgan fingerprint density at radius 3 is 2.85 bits per heavy atom. The van der Waals surface area contributed by atoms with E-state index >= 15 is 0 Å². The highest BCUT2D eigenvalue weighted by atomic mass is 127. The van der Waals surface area contributed by atoms with Crippen molar-refractivity contribution in [3.05, 3.63) is 32.7 Å². The van der Waals surface area contributed by atoms with Gasteiger partial charge in [-0.05, 0) is 34.7 Å². The van der Waals surface area contributed by atoms with E-state index in [2.05, 4.69) is 22.6 Å². The van der Waals surface area contributed by atoms with Crippen LogP contribution in [0.15, 0.2) is 18.3 Å².